The van der Waals surface area contributed by atoms with Crippen molar-refractivity contribution in [2.45, 2.75) is 45.8 Å². The molecule has 0 radical (unpaired) electrons. The van der Waals surface area contributed by atoms with Crippen LogP contribution in [0.2, 0.25) is 0 Å². The first-order valence-corrected chi connectivity index (χ1v) is 10.2. The summed E-state index contributed by atoms with van der Waals surface area (Å²) in [4.78, 5) is 21.6. The predicted octanol–water partition coefficient (Wildman–Crippen LogP) is 3.55. The number of rotatable bonds is 7. The van der Waals surface area contributed by atoms with Gasteiger partial charge in [-0.2, -0.15) is 0 Å². The average Bonchev–Trinajstić information content (AvgIpc) is 3.32. The average molecular weight is 384 g/mol. The van der Waals surface area contributed by atoms with Gasteiger partial charge in [-0.15, -0.1) is 0 Å². The molecule has 28 heavy (non-hydrogen) atoms. The van der Waals surface area contributed by atoms with Crippen LogP contribution in [0.4, 0.5) is 4.79 Å². The van der Waals surface area contributed by atoms with Gasteiger partial charge in [-0.1, -0.05) is 38.1 Å². The van der Waals surface area contributed by atoms with E-state index in [1.807, 2.05) is 24.9 Å². The van der Waals surface area contributed by atoms with Crippen molar-refractivity contribution >= 4 is 6.03 Å². The highest BCUT2D eigenvalue weighted by molar-refractivity contribution is 5.74. The molecular formula is C22H33N5O. The predicted molar refractivity (Wildman–Crippen MR) is 112 cm³/mol. The number of urea groups is 1. The number of carbonyl (C=O) groups is 1. The normalized spacial score (nSPS) is 15.8. The summed E-state index contributed by atoms with van der Waals surface area (Å²) in [6.45, 7) is 8.11. The van der Waals surface area contributed by atoms with Crippen molar-refractivity contribution in [1.82, 2.24) is 24.7 Å². The number of carbonyl (C=O) groups excluding carboxylic acids is 1. The molecule has 1 aliphatic heterocycles. The fourth-order valence-corrected chi connectivity index (χ4v) is 3.82. The summed E-state index contributed by atoms with van der Waals surface area (Å²) in [7, 11) is 3.82. The molecule has 6 nitrogen and oxygen atoms in total. The molecule has 0 spiro atoms. The van der Waals surface area contributed by atoms with E-state index >= 15 is 0 Å². The van der Waals surface area contributed by atoms with Gasteiger partial charge >= 0.3 is 6.03 Å². The van der Waals surface area contributed by atoms with E-state index in [0.29, 0.717) is 6.54 Å². The van der Waals surface area contributed by atoms with Crippen molar-refractivity contribution in [2.24, 2.45) is 13.0 Å². The van der Waals surface area contributed by atoms with Gasteiger partial charge in [0.1, 0.15) is 5.82 Å². The smallest absolute Gasteiger partial charge is 0.318 e. The first kappa shape index (κ1) is 20.4. The minimum absolute atomic E-state index is 0.0716. The van der Waals surface area contributed by atoms with Crippen molar-refractivity contribution in [3.63, 3.8) is 0 Å². The number of hydrogen-bond donors (Lipinski definition) is 1. The maximum Gasteiger partial charge on any atom is 0.318 e. The standard InChI is InChI=1S/C22H33N5O/c1-17(2)20(21-23-11-14-25(21)3)24-22(28)26(4)15-18-9-5-6-10-19(18)16-27-12-7-8-13-27/h5-6,9-11,14,17,20H,7-8,12-13,15-16H2,1-4H3,(H,24,28)/t20-/m0/s1. The zero-order valence-corrected chi connectivity index (χ0v) is 17.6. The Morgan fingerprint density at radius 1 is 1.21 bits per heavy atom. The minimum Gasteiger partial charge on any atom is -0.336 e. The SMILES string of the molecule is CC(C)[C@H](NC(=O)N(C)Cc1ccccc1CN1CCCC1)c1nccn1C. The fourth-order valence-electron chi connectivity index (χ4n) is 3.82. The van der Waals surface area contributed by atoms with Crippen molar-refractivity contribution in [1.29, 1.82) is 0 Å². The number of nitrogens with one attached hydrogen (secondary N) is 1. The van der Waals surface area contributed by atoms with E-state index in [0.717, 1.165) is 12.4 Å². The highest BCUT2D eigenvalue weighted by atomic mass is 16.2. The van der Waals surface area contributed by atoms with Gasteiger partial charge in [-0.05, 0) is 43.0 Å². The number of benzene rings is 1. The Morgan fingerprint density at radius 2 is 1.89 bits per heavy atom. The van der Waals surface area contributed by atoms with Crippen LogP contribution in [-0.2, 0) is 20.1 Å². The summed E-state index contributed by atoms with van der Waals surface area (Å²) in [5.74, 6) is 1.13. The minimum atomic E-state index is -0.116. The van der Waals surface area contributed by atoms with Crippen molar-refractivity contribution in [3.05, 3.63) is 53.6 Å². The van der Waals surface area contributed by atoms with E-state index in [1.54, 1.807) is 11.1 Å². The van der Waals surface area contributed by atoms with E-state index < -0.39 is 0 Å². The van der Waals surface area contributed by atoms with Crippen LogP contribution in [-0.4, -0.2) is 45.5 Å². The summed E-state index contributed by atoms with van der Waals surface area (Å²) in [6.07, 6.45) is 6.26. The first-order chi connectivity index (χ1) is 13.5. The number of amides is 2. The molecule has 0 aliphatic carbocycles. The molecule has 1 atom stereocenters. The summed E-state index contributed by atoms with van der Waals surface area (Å²) in [6, 6.07) is 8.27. The van der Waals surface area contributed by atoms with Crippen molar-refractivity contribution < 1.29 is 4.79 Å². The molecule has 1 aromatic heterocycles. The Kier molecular flexibility index (Phi) is 6.73. The molecule has 1 aromatic carbocycles. The number of aromatic nitrogens is 2. The highest BCUT2D eigenvalue weighted by Crippen LogP contribution is 2.21. The largest absolute Gasteiger partial charge is 0.336 e. The molecule has 1 N–H and O–H groups in total. The van der Waals surface area contributed by atoms with Crippen LogP contribution >= 0.6 is 0 Å². The highest BCUT2D eigenvalue weighted by Gasteiger charge is 2.24. The van der Waals surface area contributed by atoms with Gasteiger partial charge in [0, 0.05) is 39.6 Å². The molecule has 6 heteroatoms. The molecule has 2 amide bonds. The Labute approximate surface area is 168 Å². The maximum atomic E-state index is 12.9. The topological polar surface area (TPSA) is 53.4 Å². The van der Waals surface area contributed by atoms with Crippen LogP contribution in [0.5, 0.6) is 0 Å². The molecule has 2 aromatic rings. The van der Waals surface area contributed by atoms with Crippen molar-refractivity contribution in [2.75, 3.05) is 20.1 Å². The van der Waals surface area contributed by atoms with E-state index in [2.05, 4.69) is 53.3 Å². The lowest BCUT2D eigenvalue weighted by Gasteiger charge is -2.26. The first-order valence-electron chi connectivity index (χ1n) is 10.2. The second-order valence-corrected chi connectivity index (χ2v) is 8.18. The second-order valence-electron chi connectivity index (χ2n) is 8.18. The van der Waals surface area contributed by atoms with E-state index in [1.165, 1.54) is 37.1 Å². The molecule has 3 rings (SSSR count). The summed E-state index contributed by atoms with van der Waals surface area (Å²) < 4.78 is 1.97. The molecule has 0 bridgehead atoms. The third kappa shape index (κ3) is 4.93. The van der Waals surface area contributed by atoms with Crippen LogP contribution < -0.4 is 5.32 Å². The lowest BCUT2D eigenvalue weighted by atomic mass is 10.0. The van der Waals surface area contributed by atoms with Gasteiger partial charge in [-0.25, -0.2) is 9.78 Å². The Bertz CT molecular complexity index is 779. The second kappa shape index (κ2) is 9.24. The van der Waals surface area contributed by atoms with Gasteiger partial charge in [-0.3, -0.25) is 4.90 Å². The van der Waals surface area contributed by atoms with Gasteiger partial charge in [0.05, 0.1) is 6.04 Å². The van der Waals surface area contributed by atoms with E-state index in [9.17, 15) is 4.79 Å². The lowest BCUT2D eigenvalue weighted by molar-refractivity contribution is 0.197. The summed E-state index contributed by atoms with van der Waals surface area (Å²) >= 11 is 0. The molecule has 152 valence electrons. The quantitative estimate of drug-likeness (QED) is 0.795. The molecule has 1 aliphatic rings. The van der Waals surface area contributed by atoms with Gasteiger partial charge in [0.25, 0.3) is 0 Å². The number of aryl methyl sites for hydroxylation is 1. The van der Waals surface area contributed by atoms with Crippen LogP contribution in [0, 0.1) is 5.92 Å². The van der Waals surface area contributed by atoms with Gasteiger partial charge in [0.15, 0.2) is 0 Å². The maximum absolute atomic E-state index is 12.9. The van der Waals surface area contributed by atoms with E-state index in [4.69, 9.17) is 0 Å². The van der Waals surface area contributed by atoms with Gasteiger partial charge < -0.3 is 14.8 Å². The molecular weight excluding hydrogens is 350 g/mol. The van der Waals surface area contributed by atoms with Crippen LogP contribution in [0.3, 0.4) is 0 Å². The van der Waals surface area contributed by atoms with Crippen molar-refractivity contribution in [3.8, 4) is 0 Å². The Hall–Kier alpha value is -2.34. The van der Waals surface area contributed by atoms with Crippen LogP contribution in [0.1, 0.15) is 49.7 Å². The monoisotopic (exact) mass is 383 g/mol. The fraction of sp³-hybridized carbons (Fsp3) is 0.545. The molecule has 1 fully saturated rings. The molecule has 0 unspecified atom stereocenters. The Balaban J connectivity index is 1.66. The number of likely N-dealkylation sites (tertiary alicyclic amines) is 1. The number of hydrogen-bond acceptors (Lipinski definition) is 3. The Morgan fingerprint density at radius 3 is 2.50 bits per heavy atom. The number of imidazole rings is 1. The zero-order valence-electron chi connectivity index (χ0n) is 17.6. The third-order valence-corrected chi connectivity index (χ3v) is 5.55. The lowest BCUT2D eigenvalue weighted by Crippen LogP contribution is -2.41. The number of nitrogens with zero attached hydrogens (tertiary/aromatic N) is 4. The molecule has 0 saturated carbocycles. The van der Waals surface area contributed by atoms with E-state index in [-0.39, 0.29) is 18.0 Å². The molecule has 1 saturated heterocycles. The summed E-state index contributed by atoms with van der Waals surface area (Å²) in [5, 5.41) is 3.17. The van der Waals surface area contributed by atoms with Gasteiger partial charge in [0.2, 0.25) is 0 Å². The summed E-state index contributed by atoms with van der Waals surface area (Å²) in [5.41, 5.74) is 2.53. The molecule has 2 heterocycles. The third-order valence-electron chi connectivity index (χ3n) is 5.55. The van der Waals surface area contributed by atoms with Crippen LogP contribution in [0.25, 0.3) is 0 Å². The zero-order chi connectivity index (χ0) is 20.1. The van der Waals surface area contributed by atoms with Crippen LogP contribution in [0.15, 0.2) is 36.7 Å².